The number of fused-ring (bicyclic) bond motifs is 1. The largest absolute Gasteiger partial charge is 0.342 e. The van der Waals surface area contributed by atoms with E-state index in [-0.39, 0.29) is 17.2 Å². The fourth-order valence-corrected chi connectivity index (χ4v) is 5.25. The number of aryl methyl sites for hydroxylation is 1. The Labute approximate surface area is 167 Å². The second-order valence-electron chi connectivity index (χ2n) is 8.74. The molecule has 0 aliphatic carbocycles. The molecule has 3 saturated heterocycles. The van der Waals surface area contributed by atoms with Crippen LogP contribution in [0.2, 0.25) is 0 Å². The van der Waals surface area contributed by atoms with Crippen molar-refractivity contribution in [3.63, 3.8) is 0 Å². The fraction of sp³-hybridized carbons (Fsp3) is 0.636. The molecule has 2 atom stereocenters. The summed E-state index contributed by atoms with van der Waals surface area (Å²) in [6, 6.07) is 10.6. The van der Waals surface area contributed by atoms with Crippen LogP contribution in [-0.4, -0.2) is 85.4 Å². The lowest BCUT2D eigenvalue weighted by Gasteiger charge is -2.31. The minimum Gasteiger partial charge on any atom is -0.342 e. The first-order valence-corrected chi connectivity index (χ1v) is 10.6. The van der Waals surface area contributed by atoms with Gasteiger partial charge in [-0.3, -0.25) is 14.5 Å². The second kappa shape index (κ2) is 8.21. The molecule has 0 radical (unpaired) electrons. The van der Waals surface area contributed by atoms with Gasteiger partial charge in [-0.15, -0.1) is 0 Å². The number of hydrogen-bond donors (Lipinski definition) is 1. The molecule has 6 heteroatoms. The van der Waals surface area contributed by atoms with E-state index < -0.39 is 0 Å². The third-order valence-electron chi connectivity index (χ3n) is 6.86. The van der Waals surface area contributed by atoms with Crippen molar-refractivity contribution in [2.45, 2.75) is 19.8 Å². The molecule has 6 nitrogen and oxygen atoms in total. The van der Waals surface area contributed by atoms with E-state index in [1.54, 1.807) is 6.92 Å². The smallest absolute Gasteiger partial charge is 0.236 e. The van der Waals surface area contributed by atoms with Crippen LogP contribution in [0.15, 0.2) is 30.3 Å². The summed E-state index contributed by atoms with van der Waals surface area (Å²) in [5.74, 6) is 0.899. The molecule has 3 aliphatic heterocycles. The summed E-state index contributed by atoms with van der Waals surface area (Å²) in [6.45, 7) is 9.12. The summed E-state index contributed by atoms with van der Waals surface area (Å²) >= 11 is 0. The van der Waals surface area contributed by atoms with Gasteiger partial charge in [-0.2, -0.15) is 0 Å². The van der Waals surface area contributed by atoms with E-state index >= 15 is 0 Å². The van der Waals surface area contributed by atoms with E-state index in [1.807, 2.05) is 9.80 Å². The second-order valence-corrected chi connectivity index (χ2v) is 8.74. The van der Waals surface area contributed by atoms with Crippen LogP contribution in [0, 0.1) is 11.3 Å². The predicted octanol–water partition coefficient (Wildman–Crippen LogP) is 0.831. The SMILES string of the molecule is CC(=O)N1C[C@@H]2CN(CC(=O)N3CCNCC3)C[C@]2(CCc2ccccc2)C1. The number of carbonyl (C=O) groups excluding carboxylic acids is 2. The first kappa shape index (κ1) is 19.4. The first-order valence-electron chi connectivity index (χ1n) is 10.6. The Bertz CT molecular complexity index is 704. The summed E-state index contributed by atoms with van der Waals surface area (Å²) in [5.41, 5.74) is 1.47. The van der Waals surface area contributed by atoms with Crippen molar-refractivity contribution in [2.75, 3.05) is 58.9 Å². The number of benzene rings is 1. The molecule has 28 heavy (non-hydrogen) atoms. The molecule has 3 heterocycles. The van der Waals surface area contributed by atoms with Crippen LogP contribution in [0.25, 0.3) is 0 Å². The summed E-state index contributed by atoms with van der Waals surface area (Å²) in [5, 5.41) is 3.30. The van der Waals surface area contributed by atoms with Crippen molar-refractivity contribution in [3.8, 4) is 0 Å². The molecule has 152 valence electrons. The van der Waals surface area contributed by atoms with Gasteiger partial charge in [-0.1, -0.05) is 30.3 Å². The molecule has 3 fully saturated rings. The van der Waals surface area contributed by atoms with Crippen molar-refractivity contribution in [2.24, 2.45) is 11.3 Å². The van der Waals surface area contributed by atoms with Crippen molar-refractivity contribution in [1.82, 2.24) is 20.0 Å². The first-order chi connectivity index (χ1) is 13.6. The van der Waals surface area contributed by atoms with Gasteiger partial charge in [0.05, 0.1) is 6.54 Å². The number of piperazine rings is 1. The number of carbonyl (C=O) groups is 2. The summed E-state index contributed by atoms with van der Waals surface area (Å²) in [4.78, 5) is 31.1. The number of nitrogens with one attached hydrogen (secondary N) is 1. The molecule has 0 spiro atoms. The molecule has 0 saturated carbocycles. The zero-order valence-corrected chi connectivity index (χ0v) is 16.9. The Hall–Kier alpha value is -1.92. The molecule has 4 rings (SSSR count). The van der Waals surface area contributed by atoms with Crippen molar-refractivity contribution in [3.05, 3.63) is 35.9 Å². The van der Waals surface area contributed by atoms with Gasteiger partial charge in [0.1, 0.15) is 0 Å². The topological polar surface area (TPSA) is 55.9 Å². The van der Waals surface area contributed by atoms with Crippen LogP contribution in [0.3, 0.4) is 0 Å². The molecular weight excluding hydrogens is 352 g/mol. The number of hydrogen-bond acceptors (Lipinski definition) is 4. The standard InChI is InChI=1S/C22H32N4O2/c1-18(27)26-14-20-13-24(15-21(28)25-11-9-23-10-12-25)16-22(20,17-26)8-7-19-5-3-2-4-6-19/h2-6,20,23H,7-17H2,1H3/t20-,22+/m0/s1. The minimum atomic E-state index is 0.116. The van der Waals surface area contributed by atoms with Crippen molar-refractivity contribution < 1.29 is 9.59 Å². The predicted molar refractivity (Wildman–Crippen MR) is 109 cm³/mol. The maximum atomic E-state index is 12.7. The number of nitrogens with zero attached hydrogens (tertiary/aromatic N) is 3. The maximum absolute atomic E-state index is 12.7. The van der Waals surface area contributed by atoms with Crippen LogP contribution >= 0.6 is 0 Å². The van der Waals surface area contributed by atoms with Gasteiger partial charge < -0.3 is 15.1 Å². The van der Waals surface area contributed by atoms with Crippen LogP contribution < -0.4 is 5.32 Å². The van der Waals surface area contributed by atoms with Gasteiger partial charge in [0.15, 0.2) is 0 Å². The van der Waals surface area contributed by atoms with E-state index in [1.165, 1.54) is 5.56 Å². The monoisotopic (exact) mass is 384 g/mol. The molecule has 1 N–H and O–H groups in total. The molecule has 0 bridgehead atoms. The highest BCUT2D eigenvalue weighted by Gasteiger charge is 2.52. The van der Waals surface area contributed by atoms with E-state index in [0.29, 0.717) is 12.5 Å². The number of rotatable bonds is 5. The van der Waals surface area contributed by atoms with Crippen LogP contribution in [0.5, 0.6) is 0 Å². The fourth-order valence-electron chi connectivity index (χ4n) is 5.25. The normalized spacial score (nSPS) is 27.8. The highest BCUT2D eigenvalue weighted by molar-refractivity contribution is 5.78. The Morgan fingerprint density at radius 2 is 1.82 bits per heavy atom. The van der Waals surface area contributed by atoms with Gasteiger partial charge >= 0.3 is 0 Å². The van der Waals surface area contributed by atoms with Gasteiger partial charge in [0.25, 0.3) is 0 Å². The van der Waals surface area contributed by atoms with Crippen LogP contribution in [-0.2, 0) is 16.0 Å². The van der Waals surface area contributed by atoms with Gasteiger partial charge in [-0.25, -0.2) is 0 Å². The Morgan fingerprint density at radius 3 is 2.54 bits per heavy atom. The Kier molecular flexibility index (Phi) is 5.69. The number of likely N-dealkylation sites (tertiary alicyclic amines) is 2. The molecule has 1 aromatic rings. The maximum Gasteiger partial charge on any atom is 0.236 e. The van der Waals surface area contributed by atoms with Crippen molar-refractivity contribution >= 4 is 11.8 Å². The highest BCUT2D eigenvalue weighted by Crippen LogP contribution is 2.45. The van der Waals surface area contributed by atoms with E-state index in [9.17, 15) is 9.59 Å². The summed E-state index contributed by atoms with van der Waals surface area (Å²) < 4.78 is 0. The third kappa shape index (κ3) is 4.08. The molecule has 1 aromatic carbocycles. The molecule has 3 aliphatic rings. The van der Waals surface area contributed by atoms with Crippen LogP contribution in [0.4, 0.5) is 0 Å². The summed E-state index contributed by atoms with van der Waals surface area (Å²) in [6.07, 6.45) is 2.10. The van der Waals surface area contributed by atoms with Gasteiger partial charge in [0.2, 0.25) is 11.8 Å². The lowest BCUT2D eigenvalue weighted by molar-refractivity contribution is -0.133. The van der Waals surface area contributed by atoms with Gasteiger partial charge in [0, 0.05) is 64.7 Å². The van der Waals surface area contributed by atoms with Crippen molar-refractivity contribution in [1.29, 1.82) is 0 Å². The molecule has 0 unspecified atom stereocenters. The quantitative estimate of drug-likeness (QED) is 0.817. The van der Waals surface area contributed by atoms with Gasteiger partial charge in [-0.05, 0) is 24.3 Å². The molecular formula is C22H32N4O2. The average Bonchev–Trinajstić information content (AvgIpc) is 3.22. The van der Waals surface area contributed by atoms with E-state index in [0.717, 1.165) is 65.2 Å². The third-order valence-corrected chi connectivity index (χ3v) is 6.86. The number of amides is 2. The lowest BCUT2D eigenvalue weighted by Crippen LogP contribution is -2.49. The summed E-state index contributed by atoms with van der Waals surface area (Å²) in [7, 11) is 0. The Balaban J connectivity index is 1.42. The zero-order valence-electron chi connectivity index (χ0n) is 16.9. The van der Waals surface area contributed by atoms with E-state index in [2.05, 4.69) is 40.5 Å². The molecule has 2 amide bonds. The molecule has 0 aromatic heterocycles. The van der Waals surface area contributed by atoms with Crippen LogP contribution in [0.1, 0.15) is 18.9 Å². The highest BCUT2D eigenvalue weighted by atomic mass is 16.2. The lowest BCUT2D eigenvalue weighted by atomic mass is 9.76. The average molecular weight is 385 g/mol. The zero-order chi connectivity index (χ0) is 19.6. The minimum absolute atomic E-state index is 0.116. The Morgan fingerprint density at radius 1 is 1.07 bits per heavy atom. The van der Waals surface area contributed by atoms with E-state index in [4.69, 9.17) is 0 Å².